The number of methoxy groups -OCH3 is 1. The fourth-order valence-electron chi connectivity index (χ4n) is 1.56. The lowest BCUT2D eigenvalue weighted by molar-refractivity contribution is -0.141. The van der Waals surface area contributed by atoms with Crippen LogP contribution in [0.3, 0.4) is 0 Å². The average molecular weight is 329 g/mol. The minimum absolute atomic E-state index is 0.0890. The predicted octanol–water partition coefficient (Wildman–Crippen LogP) is 2.05. The van der Waals surface area contributed by atoms with Crippen LogP contribution in [0.4, 0.5) is 5.69 Å². The van der Waals surface area contributed by atoms with Crippen molar-refractivity contribution in [2.24, 2.45) is 0 Å². The molecule has 0 saturated carbocycles. The first-order chi connectivity index (χ1) is 8.88. The summed E-state index contributed by atoms with van der Waals surface area (Å²) in [4.78, 5) is 25.2. The molecule has 0 radical (unpaired) electrons. The fourth-order valence-corrected chi connectivity index (χ4v) is 2.00. The van der Waals surface area contributed by atoms with Gasteiger partial charge in [-0.2, -0.15) is 0 Å². The van der Waals surface area contributed by atoms with Gasteiger partial charge in [-0.05, 0) is 41.9 Å². The highest BCUT2D eigenvalue weighted by Gasteiger charge is 2.24. The topological polar surface area (TPSA) is 72.6 Å². The van der Waals surface area contributed by atoms with Crippen LogP contribution < -0.4 is 5.73 Å². The summed E-state index contributed by atoms with van der Waals surface area (Å²) in [5, 5.41) is 0. The average Bonchev–Trinajstić information content (AvgIpc) is 2.37. The smallest absolute Gasteiger partial charge is 0.325 e. The molecule has 2 N–H and O–H groups in total. The second kappa shape index (κ2) is 6.56. The van der Waals surface area contributed by atoms with Crippen molar-refractivity contribution >= 4 is 33.5 Å². The Morgan fingerprint density at radius 2 is 2.05 bits per heavy atom. The van der Waals surface area contributed by atoms with Crippen LogP contribution in [0.1, 0.15) is 24.2 Å². The molecule has 0 atom stereocenters. The molecule has 1 aromatic carbocycles. The highest BCUT2D eigenvalue weighted by molar-refractivity contribution is 9.10. The maximum atomic E-state index is 12.4. The molecular weight excluding hydrogens is 312 g/mol. The Kier molecular flexibility index (Phi) is 5.35. The maximum Gasteiger partial charge on any atom is 0.325 e. The van der Waals surface area contributed by atoms with Crippen LogP contribution in [0.15, 0.2) is 22.7 Å². The lowest BCUT2D eigenvalue weighted by Gasteiger charge is -2.26. The van der Waals surface area contributed by atoms with Crippen LogP contribution in [0.5, 0.6) is 0 Å². The molecule has 6 heteroatoms. The number of carbonyl (C=O) groups is 2. The van der Waals surface area contributed by atoms with Gasteiger partial charge in [-0.3, -0.25) is 9.59 Å². The third-order valence-electron chi connectivity index (χ3n) is 2.67. The zero-order valence-electron chi connectivity index (χ0n) is 11.1. The van der Waals surface area contributed by atoms with Gasteiger partial charge in [0.25, 0.3) is 5.91 Å². The van der Waals surface area contributed by atoms with Crippen molar-refractivity contribution in [1.29, 1.82) is 0 Å². The van der Waals surface area contributed by atoms with E-state index < -0.39 is 5.97 Å². The van der Waals surface area contributed by atoms with E-state index in [1.807, 2.05) is 13.8 Å². The van der Waals surface area contributed by atoms with Crippen molar-refractivity contribution in [2.45, 2.75) is 19.9 Å². The Bertz CT molecular complexity index is 489. The third-order valence-corrected chi connectivity index (χ3v) is 3.56. The van der Waals surface area contributed by atoms with Gasteiger partial charge in [0, 0.05) is 11.7 Å². The summed E-state index contributed by atoms with van der Waals surface area (Å²) in [6.45, 7) is 3.58. The van der Waals surface area contributed by atoms with E-state index in [1.165, 1.54) is 12.0 Å². The molecule has 0 aromatic heterocycles. The molecular formula is C13H17BrN2O3. The van der Waals surface area contributed by atoms with Crippen LogP contribution in [0, 0.1) is 0 Å². The molecule has 1 rings (SSSR count). The van der Waals surface area contributed by atoms with Crippen molar-refractivity contribution in [2.75, 3.05) is 19.4 Å². The number of hydrogen-bond donors (Lipinski definition) is 1. The molecule has 0 unspecified atom stereocenters. The van der Waals surface area contributed by atoms with Crippen LogP contribution in [-0.2, 0) is 9.53 Å². The van der Waals surface area contributed by atoms with Crippen molar-refractivity contribution in [3.8, 4) is 0 Å². The Hall–Kier alpha value is -1.56. The molecule has 0 saturated heterocycles. The van der Waals surface area contributed by atoms with E-state index in [0.29, 0.717) is 15.7 Å². The molecule has 0 heterocycles. The van der Waals surface area contributed by atoms with E-state index in [1.54, 1.807) is 18.2 Å². The minimum Gasteiger partial charge on any atom is -0.468 e. The standard InChI is InChI=1S/C13H17BrN2O3/c1-8(2)16(7-11(17)19-3)13(18)9-5-4-6-10(15)12(9)14/h4-6,8H,7,15H2,1-3H3. The Morgan fingerprint density at radius 3 is 2.58 bits per heavy atom. The first-order valence-corrected chi connectivity index (χ1v) is 6.59. The molecule has 19 heavy (non-hydrogen) atoms. The van der Waals surface area contributed by atoms with Gasteiger partial charge in [-0.1, -0.05) is 6.07 Å². The van der Waals surface area contributed by atoms with Crippen molar-refractivity contribution in [3.63, 3.8) is 0 Å². The van der Waals surface area contributed by atoms with E-state index in [0.717, 1.165) is 0 Å². The number of nitrogen functional groups attached to an aromatic ring is 1. The number of carbonyl (C=O) groups excluding carboxylic acids is 2. The molecule has 0 aliphatic carbocycles. The molecule has 0 bridgehead atoms. The van der Waals surface area contributed by atoms with E-state index in [9.17, 15) is 9.59 Å². The number of hydrogen-bond acceptors (Lipinski definition) is 4. The van der Waals surface area contributed by atoms with Crippen LogP contribution in [0.2, 0.25) is 0 Å². The number of rotatable bonds is 4. The Labute approximate surface area is 120 Å². The molecule has 1 aromatic rings. The van der Waals surface area contributed by atoms with Gasteiger partial charge in [0.15, 0.2) is 0 Å². The minimum atomic E-state index is -0.456. The number of benzene rings is 1. The molecule has 0 spiro atoms. The summed E-state index contributed by atoms with van der Waals surface area (Å²) >= 11 is 3.29. The van der Waals surface area contributed by atoms with Gasteiger partial charge in [-0.25, -0.2) is 0 Å². The summed E-state index contributed by atoms with van der Waals surface area (Å²) < 4.78 is 5.14. The van der Waals surface area contributed by atoms with Crippen LogP contribution >= 0.6 is 15.9 Å². The highest BCUT2D eigenvalue weighted by atomic mass is 79.9. The third kappa shape index (κ3) is 3.70. The van der Waals surface area contributed by atoms with Gasteiger partial charge in [0.1, 0.15) is 6.54 Å². The van der Waals surface area contributed by atoms with E-state index in [-0.39, 0.29) is 18.5 Å². The summed E-state index contributed by atoms with van der Waals surface area (Å²) in [7, 11) is 1.29. The molecule has 0 aliphatic rings. The van der Waals surface area contributed by atoms with Crippen LogP contribution in [-0.4, -0.2) is 36.5 Å². The van der Waals surface area contributed by atoms with E-state index in [4.69, 9.17) is 5.73 Å². The monoisotopic (exact) mass is 328 g/mol. The zero-order valence-corrected chi connectivity index (χ0v) is 12.7. The highest BCUT2D eigenvalue weighted by Crippen LogP contribution is 2.25. The molecule has 5 nitrogen and oxygen atoms in total. The van der Waals surface area contributed by atoms with Crippen molar-refractivity contribution < 1.29 is 14.3 Å². The van der Waals surface area contributed by atoms with Crippen molar-refractivity contribution in [1.82, 2.24) is 4.90 Å². The molecule has 0 fully saturated rings. The number of halogens is 1. The van der Waals surface area contributed by atoms with E-state index in [2.05, 4.69) is 20.7 Å². The zero-order chi connectivity index (χ0) is 14.6. The predicted molar refractivity (Wildman–Crippen MR) is 76.7 cm³/mol. The first-order valence-electron chi connectivity index (χ1n) is 5.80. The first kappa shape index (κ1) is 15.5. The van der Waals surface area contributed by atoms with Crippen molar-refractivity contribution in [3.05, 3.63) is 28.2 Å². The molecule has 104 valence electrons. The lowest BCUT2D eigenvalue weighted by atomic mass is 10.1. The fraction of sp³-hybridized carbons (Fsp3) is 0.385. The quantitative estimate of drug-likeness (QED) is 0.678. The van der Waals surface area contributed by atoms with Crippen LogP contribution in [0.25, 0.3) is 0 Å². The number of anilines is 1. The SMILES string of the molecule is COC(=O)CN(C(=O)c1cccc(N)c1Br)C(C)C. The molecule has 1 amide bonds. The summed E-state index contributed by atoms with van der Waals surface area (Å²) in [5.41, 5.74) is 6.66. The van der Waals surface area contributed by atoms with Gasteiger partial charge >= 0.3 is 5.97 Å². The largest absolute Gasteiger partial charge is 0.468 e. The molecule has 0 aliphatic heterocycles. The summed E-state index contributed by atoms with van der Waals surface area (Å²) in [6, 6.07) is 4.93. The number of nitrogens with zero attached hydrogens (tertiary/aromatic N) is 1. The van der Waals surface area contributed by atoms with Gasteiger partial charge in [0.2, 0.25) is 0 Å². The Balaban J connectivity index is 3.06. The maximum absolute atomic E-state index is 12.4. The van der Waals surface area contributed by atoms with Gasteiger partial charge in [-0.15, -0.1) is 0 Å². The van der Waals surface area contributed by atoms with Gasteiger partial charge < -0.3 is 15.4 Å². The number of nitrogens with two attached hydrogens (primary N) is 1. The van der Waals surface area contributed by atoms with E-state index >= 15 is 0 Å². The number of amides is 1. The number of ether oxygens (including phenoxy) is 1. The normalized spacial score (nSPS) is 10.4. The number of esters is 1. The second-order valence-electron chi connectivity index (χ2n) is 4.31. The lowest BCUT2D eigenvalue weighted by Crippen LogP contribution is -2.41. The summed E-state index contributed by atoms with van der Waals surface area (Å²) in [5.74, 6) is -0.721. The van der Waals surface area contributed by atoms with Gasteiger partial charge in [0.05, 0.1) is 17.1 Å². The Morgan fingerprint density at radius 1 is 1.42 bits per heavy atom. The summed E-state index contributed by atoms with van der Waals surface area (Å²) in [6.07, 6.45) is 0. The second-order valence-corrected chi connectivity index (χ2v) is 5.10.